The maximum absolute atomic E-state index is 11.1. The number of hydrogen-bond donors (Lipinski definition) is 2. The highest BCUT2D eigenvalue weighted by molar-refractivity contribution is 5.67. The zero-order chi connectivity index (χ0) is 16.0. The lowest BCUT2D eigenvalue weighted by molar-refractivity contribution is -0.303. The van der Waals surface area contributed by atoms with E-state index < -0.39 is 49.3 Å². The molecule has 0 aliphatic carbocycles. The normalized spacial score (nSPS) is 32.3. The first kappa shape index (κ1) is 17.5. The van der Waals surface area contributed by atoms with Crippen LogP contribution in [-0.4, -0.2) is 72.4 Å². The summed E-state index contributed by atoms with van der Waals surface area (Å²) >= 11 is 0. The molecule has 0 amide bonds. The van der Waals surface area contributed by atoms with Gasteiger partial charge in [0.25, 0.3) is 0 Å². The lowest BCUT2D eigenvalue weighted by Crippen LogP contribution is -2.61. The molecule has 9 heteroatoms. The van der Waals surface area contributed by atoms with Crippen LogP contribution in [0.4, 0.5) is 0 Å². The first-order valence-corrected chi connectivity index (χ1v) is 6.24. The molecule has 0 bridgehead atoms. The lowest BCUT2D eigenvalue weighted by atomic mass is 9.98. The van der Waals surface area contributed by atoms with Crippen LogP contribution in [-0.2, 0) is 33.3 Å². The molecular weight excluding hydrogens is 288 g/mol. The van der Waals surface area contributed by atoms with E-state index in [-0.39, 0.29) is 6.61 Å². The maximum atomic E-state index is 11.1. The Labute approximate surface area is 120 Å². The Morgan fingerprint density at radius 1 is 1.19 bits per heavy atom. The molecular formula is C12H18O9. The van der Waals surface area contributed by atoms with E-state index in [4.69, 9.17) is 24.1 Å². The van der Waals surface area contributed by atoms with Crippen molar-refractivity contribution in [2.24, 2.45) is 0 Å². The van der Waals surface area contributed by atoms with E-state index in [1.54, 1.807) is 0 Å². The fourth-order valence-corrected chi connectivity index (χ4v) is 1.95. The highest BCUT2D eigenvalue weighted by Gasteiger charge is 2.49. The summed E-state index contributed by atoms with van der Waals surface area (Å²) in [5.41, 5.74) is 0. The van der Waals surface area contributed by atoms with Crippen LogP contribution in [0.1, 0.15) is 13.8 Å². The number of carbonyl (C=O) groups excluding carboxylic acids is 3. The minimum atomic E-state index is -1.42. The van der Waals surface area contributed by atoms with Gasteiger partial charge in [0.1, 0.15) is 25.1 Å². The fraction of sp³-hybridized carbons (Fsp3) is 0.750. The molecule has 0 radical (unpaired) electrons. The van der Waals surface area contributed by atoms with E-state index in [9.17, 15) is 19.5 Å². The average molecular weight is 306 g/mol. The van der Waals surface area contributed by atoms with Gasteiger partial charge in [0.2, 0.25) is 0 Å². The van der Waals surface area contributed by atoms with E-state index in [0.717, 1.165) is 13.8 Å². The average Bonchev–Trinajstić information content (AvgIpc) is 2.41. The quantitative estimate of drug-likeness (QED) is 0.429. The third-order valence-electron chi connectivity index (χ3n) is 2.73. The van der Waals surface area contributed by atoms with E-state index in [1.165, 1.54) is 0 Å². The van der Waals surface area contributed by atoms with Crippen LogP contribution < -0.4 is 0 Å². The molecule has 120 valence electrons. The molecule has 9 nitrogen and oxygen atoms in total. The van der Waals surface area contributed by atoms with Gasteiger partial charge in [0.05, 0.1) is 6.61 Å². The minimum absolute atomic E-state index is 0.358. The molecule has 2 N–H and O–H groups in total. The summed E-state index contributed by atoms with van der Waals surface area (Å²) in [4.78, 5) is 32.7. The number of aliphatic hydroxyl groups excluding tert-OH is 2. The van der Waals surface area contributed by atoms with Gasteiger partial charge in [-0.05, 0) is 0 Å². The Kier molecular flexibility index (Phi) is 6.69. The fourth-order valence-electron chi connectivity index (χ4n) is 1.95. The zero-order valence-corrected chi connectivity index (χ0v) is 11.6. The van der Waals surface area contributed by atoms with Gasteiger partial charge in [-0.25, -0.2) is 0 Å². The van der Waals surface area contributed by atoms with Gasteiger partial charge in [-0.2, -0.15) is 0 Å². The summed E-state index contributed by atoms with van der Waals surface area (Å²) in [5.74, 6) is -1.43. The number of hydrogen-bond acceptors (Lipinski definition) is 9. The Morgan fingerprint density at radius 2 is 1.76 bits per heavy atom. The van der Waals surface area contributed by atoms with Gasteiger partial charge in [-0.15, -0.1) is 0 Å². The van der Waals surface area contributed by atoms with E-state index in [0.29, 0.717) is 6.29 Å². The van der Waals surface area contributed by atoms with Crippen LogP contribution in [0.3, 0.4) is 0 Å². The second kappa shape index (κ2) is 8.03. The molecule has 0 aromatic heterocycles. The standard InChI is InChI=1S/C12H18O9/c1-6(15)19-10-9(17)8(5-14)21-12(18-4-3-13)11(10)20-7(2)16/h3,8-12,14,17H,4-5H2,1-2H3/t8-,9-,10+,11-,12+/m1/s1. The molecule has 1 saturated heterocycles. The molecule has 1 rings (SSSR count). The molecule has 0 aromatic carbocycles. The van der Waals surface area contributed by atoms with Crippen molar-refractivity contribution in [3.8, 4) is 0 Å². The second-order valence-electron chi connectivity index (χ2n) is 4.36. The SMILES string of the molecule is CC(=O)O[C@H]1[C@@H](OCC=O)O[C@H](CO)[C@@H](O)[C@@H]1OC(C)=O. The molecule has 0 unspecified atom stereocenters. The molecule has 1 aliphatic heterocycles. The number of ether oxygens (including phenoxy) is 4. The Balaban J connectivity index is 2.99. The topological polar surface area (TPSA) is 129 Å². The lowest BCUT2D eigenvalue weighted by Gasteiger charge is -2.42. The van der Waals surface area contributed by atoms with Crippen LogP contribution in [0.25, 0.3) is 0 Å². The number of carbonyl (C=O) groups is 3. The number of aldehydes is 1. The van der Waals surface area contributed by atoms with Crippen LogP contribution in [0.5, 0.6) is 0 Å². The van der Waals surface area contributed by atoms with Crippen molar-refractivity contribution in [1.29, 1.82) is 0 Å². The predicted molar refractivity (Wildman–Crippen MR) is 64.9 cm³/mol. The molecule has 1 heterocycles. The minimum Gasteiger partial charge on any atom is -0.455 e. The van der Waals surface area contributed by atoms with E-state index in [1.807, 2.05) is 0 Å². The summed E-state index contributed by atoms with van der Waals surface area (Å²) in [7, 11) is 0. The van der Waals surface area contributed by atoms with Crippen LogP contribution in [0, 0.1) is 0 Å². The van der Waals surface area contributed by atoms with Crippen molar-refractivity contribution in [2.45, 2.75) is 44.6 Å². The summed E-state index contributed by atoms with van der Waals surface area (Å²) < 4.78 is 20.2. The molecule has 21 heavy (non-hydrogen) atoms. The Bertz CT molecular complexity index is 383. The van der Waals surface area contributed by atoms with Crippen LogP contribution >= 0.6 is 0 Å². The number of aliphatic hydroxyl groups is 2. The second-order valence-corrected chi connectivity index (χ2v) is 4.36. The van der Waals surface area contributed by atoms with Crippen molar-refractivity contribution in [3.05, 3.63) is 0 Å². The van der Waals surface area contributed by atoms with E-state index >= 15 is 0 Å². The van der Waals surface area contributed by atoms with E-state index in [2.05, 4.69) is 0 Å². The van der Waals surface area contributed by atoms with Crippen molar-refractivity contribution in [2.75, 3.05) is 13.2 Å². The monoisotopic (exact) mass is 306 g/mol. The molecule has 1 aliphatic rings. The van der Waals surface area contributed by atoms with Crippen molar-refractivity contribution < 1.29 is 43.5 Å². The van der Waals surface area contributed by atoms with Crippen LogP contribution in [0.15, 0.2) is 0 Å². The molecule has 0 aromatic rings. The maximum Gasteiger partial charge on any atom is 0.303 e. The summed E-state index contributed by atoms with van der Waals surface area (Å²) in [6.45, 7) is 1.30. The van der Waals surface area contributed by atoms with Gasteiger partial charge in [0, 0.05) is 13.8 Å². The van der Waals surface area contributed by atoms with Crippen molar-refractivity contribution >= 4 is 18.2 Å². The number of esters is 2. The number of rotatable bonds is 6. The van der Waals surface area contributed by atoms with Crippen LogP contribution in [0.2, 0.25) is 0 Å². The molecule has 5 atom stereocenters. The first-order chi connectivity index (χ1) is 9.90. The Hall–Kier alpha value is -1.55. The van der Waals surface area contributed by atoms with Gasteiger partial charge in [-0.1, -0.05) is 0 Å². The third kappa shape index (κ3) is 4.74. The summed E-state index contributed by atoms with van der Waals surface area (Å²) in [6, 6.07) is 0. The van der Waals surface area contributed by atoms with Crippen molar-refractivity contribution in [1.82, 2.24) is 0 Å². The van der Waals surface area contributed by atoms with Gasteiger partial charge in [0.15, 0.2) is 18.5 Å². The van der Waals surface area contributed by atoms with Crippen molar-refractivity contribution in [3.63, 3.8) is 0 Å². The van der Waals surface area contributed by atoms with Gasteiger partial charge < -0.3 is 34.0 Å². The highest BCUT2D eigenvalue weighted by Crippen LogP contribution is 2.27. The zero-order valence-electron chi connectivity index (χ0n) is 11.6. The highest BCUT2D eigenvalue weighted by atomic mass is 16.7. The molecule has 0 saturated carbocycles. The predicted octanol–water partition coefficient (Wildman–Crippen LogP) is -1.86. The molecule has 0 spiro atoms. The largest absolute Gasteiger partial charge is 0.455 e. The van der Waals surface area contributed by atoms with Gasteiger partial charge in [-0.3, -0.25) is 9.59 Å². The summed E-state index contributed by atoms with van der Waals surface area (Å²) in [5, 5.41) is 19.2. The molecule has 1 fully saturated rings. The first-order valence-electron chi connectivity index (χ1n) is 6.24. The third-order valence-corrected chi connectivity index (χ3v) is 2.73. The van der Waals surface area contributed by atoms with Gasteiger partial charge >= 0.3 is 11.9 Å². The smallest absolute Gasteiger partial charge is 0.303 e. The summed E-state index contributed by atoms with van der Waals surface area (Å²) in [6.07, 6.45) is -5.88. The Morgan fingerprint density at radius 3 is 2.24 bits per heavy atom.